The molecule has 1 aliphatic carbocycles. The van der Waals surface area contributed by atoms with Crippen molar-refractivity contribution in [1.29, 1.82) is 0 Å². The Kier molecular flexibility index (Phi) is 5.58. The van der Waals surface area contributed by atoms with Crippen LogP contribution in [0.25, 0.3) is 0 Å². The normalized spacial score (nSPS) is 27.8. The Hall–Kier alpha value is -2.08. The topological polar surface area (TPSA) is 61.9 Å². The van der Waals surface area contributed by atoms with Crippen molar-refractivity contribution in [2.45, 2.75) is 50.7 Å². The van der Waals surface area contributed by atoms with Crippen molar-refractivity contribution in [2.24, 2.45) is 11.8 Å². The van der Waals surface area contributed by atoms with Crippen LogP contribution in [0.1, 0.15) is 37.7 Å². The van der Waals surface area contributed by atoms with E-state index in [0.717, 1.165) is 50.1 Å². The fourth-order valence-electron chi connectivity index (χ4n) is 4.93. The Morgan fingerprint density at radius 1 is 1.18 bits per heavy atom. The van der Waals surface area contributed by atoms with Gasteiger partial charge in [0, 0.05) is 31.6 Å². The van der Waals surface area contributed by atoms with E-state index < -0.39 is 0 Å². The number of rotatable bonds is 5. The maximum Gasteiger partial charge on any atom is 0.237 e. The van der Waals surface area contributed by atoms with Crippen molar-refractivity contribution in [3.05, 3.63) is 29.8 Å². The van der Waals surface area contributed by atoms with Crippen LogP contribution >= 0.6 is 0 Å². The molecule has 2 saturated heterocycles. The average Bonchev–Trinajstić information content (AvgIpc) is 3.01. The summed E-state index contributed by atoms with van der Waals surface area (Å²) in [6, 6.07) is 8.06. The van der Waals surface area contributed by atoms with E-state index in [0.29, 0.717) is 24.4 Å². The molecule has 28 heavy (non-hydrogen) atoms. The lowest BCUT2D eigenvalue weighted by Crippen LogP contribution is -2.50. The predicted molar refractivity (Wildman–Crippen MR) is 107 cm³/mol. The first-order chi connectivity index (χ1) is 13.6. The minimum Gasteiger partial charge on any atom is -0.497 e. The molecule has 2 amide bonds. The first-order valence-corrected chi connectivity index (χ1v) is 10.5. The fourth-order valence-corrected chi connectivity index (χ4v) is 4.93. The van der Waals surface area contributed by atoms with E-state index in [1.54, 1.807) is 7.11 Å². The summed E-state index contributed by atoms with van der Waals surface area (Å²) in [5, 5.41) is 3.09. The largest absolute Gasteiger partial charge is 0.497 e. The average molecular weight is 386 g/mol. The Morgan fingerprint density at radius 2 is 1.93 bits per heavy atom. The van der Waals surface area contributed by atoms with Gasteiger partial charge in [0.1, 0.15) is 5.75 Å². The number of amides is 2. The molecule has 0 unspecified atom stereocenters. The molecular weight excluding hydrogens is 354 g/mol. The number of hydrogen-bond acceptors (Lipinski definition) is 4. The van der Waals surface area contributed by atoms with Gasteiger partial charge in [-0.3, -0.25) is 14.5 Å². The third-order valence-corrected chi connectivity index (χ3v) is 6.93. The zero-order valence-electron chi connectivity index (χ0n) is 16.9. The summed E-state index contributed by atoms with van der Waals surface area (Å²) >= 11 is 0. The van der Waals surface area contributed by atoms with E-state index >= 15 is 0 Å². The molecule has 1 saturated carbocycles. The van der Waals surface area contributed by atoms with Crippen molar-refractivity contribution < 1.29 is 14.3 Å². The van der Waals surface area contributed by atoms with Gasteiger partial charge in [0.25, 0.3) is 0 Å². The number of carbonyl (C=O) groups excluding carboxylic acids is 2. The molecule has 0 bridgehead atoms. The van der Waals surface area contributed by atoms with Crippen molar-refractivity contribution in [3.63, 3.8) is 0 Å². The number of carbonyl (C=O) groups is 2. The number of hydrogen-bond donors (Lipinski definition) is 1. The summed E-state index contributed by atoms with van der Waals surface area (Å²) in [6.07, 6.45) is 5.11. The van der Waals surface area contributed by atoms with Crippen molar-refractivity contribution in [1.82, 2.24) is 15.1 Å². The van der Waals surface area contributed by atoms with Crippen molar-refractivity contribution in [3.8, 4) is 5.75 Å². The molecule has 3 fully saturated rings. The van der Waals surface area contributed by atoms with Crippen LogP contribution < -0.4 is 10.1 Å². The van der Waals surface area contributed by atoms with Crippen LogP contribution in [0.2, 0.25) is 0 Å². The Labute approximate surface area is 167 Å². The van der Waals surface area contributed by atoms with Gasteiger partial charge in [-0.2, -0.15) is 0 Å². The van der Waals surface area contributed by atoms with Crippen LogP contribution in [0.15, 0.2) is 24.3 Å². The van der Waals surface area contributed by atoms with Gasteiger partial charge in [0.05, 0.1) is 13.2 Å². The fraction of sp³-hybridized carbons (Fsp3) is 0.636. The third-order valence-electron chi connectivity index (χ3n) is 6.93. The van der Waals surface area contributed by atoms with E-state index in [4.69, 9.17) is 4.74 Å². The SMILES string of the molecule is COc1ccc(CNC(=O)[C@@H]2C[C@@H]3CN(C(=O)C4CCC4)CC[C@H]3N2C)cc1. The van der Waals surface area contributed by atoms with Crippen molar-refractivity contribution >= 4 is 11.8 Å². The Bertz CT molecular complexity index is 716. The van der Waals surface area contributed by atoms with Crippen LogP contribution in [-0.4, -0.2) is 60.9 Å². The molecule has 1 aromatic carbocycles. The Balaban J connectivity index is 1.31. The molecule has 0 radical (unpaired) electrons. The zero-order valence-corrected chi connectivity index (χ0v) is 16.9. The first kappa shape index (κ1) is 19.2. The zero-order chi connectivity index (χ0) is 19.7. The van der Waals surface area contributed by atoms with Crippen LogP contribution in [0, 0.1) is 11.8 Å². The van der Waals surface area contributed by atoms with Gasteiger partial charge in [0.15, 0.2) is 0 Å². The summed E-state index contributed by atoms with van der Waals surface area (Å²) in [4.78, 5) is 29.7. The molecule has 152 valence electrons. The molecule has 1 aromatic rings. The first-order valence-electron chi connectivity index (χ1n) is 10.5. The van der Waals surface area contributed by atoms with Gasteiger partial charge in [-0.25, -0.2) is 0 Å². The van der Waals surface area contributed by atoms with Crippen molar-refractivity contribution in [2.75, 3.05) is 27.2 Å². The number of nitrogens with zero attached hydrogens (tertiary/aromatic N) is 2. The summed E-state index contributed by atoms with van der Waals surface area (Å²) in [5.41, 5.74) is 1.06. The highest BCUT2D eigenvalue weighted by Crippen LogP contribution is 2.36. The molecular formula is C22H31N3O3. The van der Waals surface area contributed by atoms with E-state index in [-0.39, 0.29) is 17.9 Å². The van der Waals surface area contributed by atoms with Gasteiger partial charge in [-0.15, -0.1) is 0 Å². The lowest BCUT2D eigenvalue weighted by atomic mass is 9.83. The second-order valence-electron chi connectivity index (χ2n) is 8.51. The maximum atomic E-state index is 12.8. The number of nitrogens with one attached hydrogen (secondary N) is 1. The number of piperidine rings is 1. The summed E-state index contributed by atoms with van der Waals surface area (Å²) in [7, 11) is 3.71. The molecule has 3 aliphatic rings. The smallest absolute Gasteiger partial charge is 0.237 e. The highest BCUT2D eigenvalue weighted by molar-refractivity contribution is 5.82. The van der Waals surface area contributed by atoms with Gasteiger partial charge in [-0.1, -0.05) is 18.6 Å². The van der Waals surface area contributed by atoms with E-state index in [9.17, 15) is 9.59 Å². The number of likely N-dealkylation sites (N-methyl/N-ethyl adjacent to an activating group) is 1. The second-order valence-corrected chi connectivity index (χ2v) is 8.51. The number of fused-ring (bicyclic) bond motifs is 1. The summed E-state index contributed by atoms with van der Waals surface area (Å²) < 4.78 is 5.17. The lowest BCUT2D eigenvalue weighted by molar-refractivity contribution is -0.140. The van der Waals surface area contributed by atoms with Gasteiger partial charge < -0.3 is 15.0 Å². The molecule has 1 N–H and O–H groups in total. The summed E-state index contributed by atoms with van der Waals surface area (Å²) in [6.45, 7) is 2.17. The summed E-state index contributed by atoms with van der Waals surface area (Å²) in [5.74, 6) is 1.92. The standard InChI is InChI=1S/C22H31N3O3/c1-24-19-10-11-25(22(27)16-4-3-5-16)14-17(19)12-20(24)21(26)23-13-15-6-8-18(28-2)9-7-15/h6-9,16-17,19-20H,3-5,10-14H2,1-2H3,(H,23,26)/t17-,19-,20+/m1/s1. The molecule has 6 heteroatoms. The highest BCUT2D eigenvalue weighted by atomic mass is 16.5. The minimum atomic E-state index is -0.105. The molecule has 0 aromatic heterocycles. The second kappa shape index (κ2) is 8.11. The van der Waals surface area contributed by atoms with Crippen LogP contribution in [0.5, 0.6) is 5.75 Å². The number of ether oxygens (including phenoxy) is 1. The van der Waals surface area contributed by atoms with E-state index in [1.807, 2.05) is 24.3 Å². The third kappa shape index (κ3) is 3.75. The number of benzene rings is 1. The van der Waals surface area contributed by atoms with E-state index in [2.05, 4.69) is 22.2 Å². The van der Waals surface area contributed by atoms with Crippen LogP contribution in [0.4, 0.5) is 0 Å². The van der Waals surface area contributed by atoms with Gasteiger partial charge in [-0.05, 0) is 56.3 Å². The lowest BCUT2D eigenvalue weighted by Gasteiger charge is -2.40. The molecule has 4 rings (SSSR count). The Morgan fingerprint density at radius 3 is 2.57 bits per heavy atom. The van der Waals surface area contributed by atoms with Gasteiger partial charge >= 0.3 is 0 Å². The highest BCUT2D eigenvalue weighted by Gasteiger charge is 2.46. The van der Waals surface area contributed by atoms with E-state index in [1.165, 1.54) is 6.42 Å². The molecule has 2 aliphatic heterocycles. The quantitative estimate of drug-likeness (QED) is 0.843. The predicted octanol–water partition coefficient (Wildman–Crippen LogP) is 2.03. The molecule has 2 heterocycles. The molecule has 3 atom stereocenters. The maximum absolute atomic E-state index is 12.8. The molecule has 6 nitrogen and oxygen atoms in total. The minimum absolute atomic E-state index is 0.0876. The van der Waals surface area contributed by atoms with Crippen LogP contribution in [0.3, 0.4) is 0 Å². The van der Waals surface area contributed by atoms with Gasteiger partial charge in [0.2, 0.25) is 11.8 Å². The molecule has 0 spiro atoms. The van der Waals surface area contributed by atoms with Crippen LogP contribution in [-0.2, 0) is 16.1 Å². The number of methoxy groups -OCH3 is 1. The number of likely N-dealkylation sites (tertiary alicyclic amines) is 2. The monoisotopic (exact) mass is 385 g/mol.